The first-order chi connectivity index (χ1) is 12.1. The van der Waals surface area contributed by atoms with Gasteiger partial charge in [0.25, 0.3) is 0 Å². The molecule has 0 saturated heterocycles. The van der Waals surface area contributed by atoms with Crippen molar-refractivity contribution in [1.82, 2.24) is 0 Å². The smallest absolute Gasteiger partial charge is 0.185 e. The van der Waals surface area contributed by atoms with Crippen molar-refractivity contribution in [3.63, 3.8) is 0 Å². The van der Waals surface area contributed by atoms with Crippen LogP contribution in [0.15, 0.2) is 95.6 Å². The zero-order valence-electron chi connectivity index (χ0n) is 14.7. The second kappa shape index (κ2) is 7.31. The average Bonchev–Trinajstić information content (AvgIpc) is 2.61. The minimum absolute atomic E-state index is 0.0865. The molecule has 124 valence electrons. The summed E-state index contributed by atoms with van der Waals surface area (Å²) < 4.78 is 0. The lowest BCUT2D eigenvalue weighted by atomic mass is 9.76. The first-order valence-corrected chi connectivity index (χ1v) is 8.48. The number of rotatable bonds is 3. The number of ketones is 1. The van der Waals surface area contributed by atoms with E-state index >= 15 is 0 Å². The van der Waals surface area contributed by atoms with Crippen LogP contribution < -0.4 is 0 Å². The van der Waals surface area contributed by atoms with Gasteiger partial charge in [0.15, 0.2) is 5.78 Å². The Kier molecular flexibility index (Phi) is 4.95. The van der Waals surface area contributed by atoms with Crippen molar-refractivity contribution in [2.75, 3.05) is 0 Å². The summed E-state index contributed by atoms with van der Waals surface area (Å²) in [6.45, 7) is 8.03. The van der Waals surface area contributed by atoms with Crippen molar-refractivity contribution in [2.45, 2.75) is 13.8 Å². The summed E-state index contributed by atoms with van der Waals surface area (Å²) in [5.74, 6) is 0.0127. The Balaban J connectivity index is 2.14. The molecule has 0 bridgehead atoms. The van der Waals surface area contributed by atoms with Gasteiger partial charge in [0.1, 0.15) is 0 Å². The summed E-state index contributed by atoms with van der Waals surface area (Å²) in [5, 5.41) is 0. The molecule has 25 heavy (non-hydrogen) atoms. The van der Waals surface area contributed by atoms with Crippen LogP contribution in [-0.4, -0.2) is 5.78 Å². The highest BCUT2D eigenvalue weighted by Gasteiger charge is 2.29. The molecule has 1 nitrogen and oxygen atoms in total. The van der Waals surface area contributed by atoms with Gasteiger partial charge in [-0.2, -0.15) is 0 Å². The summed E-state index contributed by atoms with van der Waals surface area (Å²) >= 11 is 0. The van der Waals surface area contributed by atoms with Gasteiger partial charge < -0.3 is 0 Å². The topological polar surface area (TPSA) is 17.1 Å². The Morgan fingerprint density at radius 2 is 1.44 bits per heavy atom. The summed E-state index contributed by atoms with van der Waals surface area (Å²) in [6.07, 6.45) is 6.14. The maximum Gasteiger partial charge on any atom is 0.185 e. The van der Waals surface area contributed by atoms with Gasteiger partial charge in [0.2, 0.25) is 0 Å². The zero-order valence-corrected chi connectivity index (χ0v) is 14.7. The monoisotopic (exact) mass is 326 g/mol. The fraction of sp³-hybridized carbons (Fsp3) is 0.125. The molecule has 0 saturated carbocycles. The van der Waals surface area contributed by atoms with Gasteiger partial charge in [-0.15, -0.1) is 0 Å². The minimum atomic E-state index is -0.0865. The van der Waals surface area contributed by atoms with E-state index in [9.17, 15) is 4.79 Å². The molecule has 0 spiro atoms. The van der Waals surface area contributed by atoms with Gasteiger partial charge in [-0.3, -0.25) is 4.79 Å². The maximum atomic E-state index is 12.8. The second-order valence-electron chi connectivity index (χ2n) is 6.50. The van der Waals surface area contributed by atoms with Gasteiger partial charge in [0.05, 0.1) is 0 Å². The maximum absolute atomic E-state index is 12.8. The molecule has 0 heterocycles. The number of Topliss-reactive ketones (excluding diaryl/α,β-unsaturated/α-hetero) is 1. The van der Waals surface area contributed by atoms with Crippen LogP contribution in [0.3, 0.4) is 0 Å². The minimum Gasteiger partial charge on any atom is -0.289 e. The van der Waals surface area contributed by atoms with E-state index in [1.807, 2.05) is 74.5 Å². The van der Waals surface area contributed by atoms with Crippen molar-refractivity contribution in [3.8, 4) is 0 Å². The van der Waals surface area contributed by atoms with Crippen LogP contribution in [0.1, 0.15) is 25.0 Å². The summed E-state index contributed by atoms with van der Waals surface area (Å²) in [4.78, 5) is 12.8. The number of carbonyl (C=O) groups is 1. The number of benzene rings is 2. The van der Waals surface area contributed by atoms with Crippen LogP contribution in [0, 0.1) is 5.92 Å². The Hall–Kier alpha value is -2.93. The summed E-state index contributed by atoms with van der Waals surface area (Å²) in [6, 6.07) is 20.2. The Morgan fingerprint density at radius 3 is 1.96 bits per heavy atom. The molecule has 2 aromatic rings. The molecule has 1 unspecified atom stereocenters. The second-order valence-corrected chi connectivity index (χ2v) is 6.50. The molecule has 1 heteroatoms. The SMILES string of the molecule is C=C(C)C1/C(=C/c2ccccc2)C(=O)C(C)=C/C1=C\c1ccccc1. The molecule has 0 amide bonds. The van der Waals surface area contributed by atoms with E-state index < -0.39 is 0 Å². The van der Waals surface area contributed by atoms with Crippen molar-refractivity contribution in [1.29, 1.82) is 0 Å². The lowest BCUT2D eigenvalue weighted by Crippen LogP contribution is -2.21. The summed E-state index contributed by atoms with van der Waals surface area (Å²) in [5.41, 5.74) is 5.80. The third-order valence-corrected chi connectivity index (χ3v) is 4.40. The lowest BCUT2D eigenvalue weighted by Gasteiger charge is -2.27. The normalized spacial score (nSPS) is 20.6. The van der Waals surface area contributed by atoms with Crippen LogP contribution in [-0.2, 0) is 4.79 Å². The van der Waals surface area contributed by atoms with E-state index in [0.29, 0.717) is 0 Å². The molecule has 0 N–H and O–H groups in total. The van der Waals surface area contributed by atoms with Crippen molar-refractivity contribution in [2.24, 2.45) is 5.92 Å². The molecular weight excluding hydrogens is 304 g/mol. The van der Waals surface area contributed by atoms with Crippen LogP contribution in [0.5, 0.6) is 0 Å². The predicted molar refractivity (Wildman–Crippen MR) is 106 cm³/mol. The van der Waals surface area contributed by atoms with Gasteiger partial charge in [-0.05, 0) is 42.2 Å². The number of hydrogen-bond donors (Lipinski definition) is 0. The highest BCUT2D eigenvalue weighted by Crippen LogP contribution is 2.37. The fourth-order valence-corrected chi connectivity index (χ4v) is 3.23. The van der Waals surface area contributed by atoms with E-state index in [-0.39, 0.29) is 11.7 Å². The van der Waals surface area contributed by atoms with Crippen molar-refractivity contribution in [3.05, 3.63) is 107 Å². The van der Waals surface area contributed by atoms with Crippen molar-refractivity contribution < 1.29 is 4.79 Å². The molecule has 1 aliphatic carbocycles. The van der Waals surface area contributed by atoms with Crippen molar-refractivity contribution >= 4 is 17.9 Å². The molecule has 0 aromatic heterocycles. The van der Waals surface area contributed by atoms with E-state index in [1.165, 1.54) is 0 Å². The van der Waals surface area contributed by atoms with Gasteiger partial charge in [-0.1, -0.05) is 85.0 Å². The Morgan fingerprint density at radius 1 is 0.920 bits per heavy atom. The molecule has 0 radical (unpaired) electrons. The third kappa shape index (κ3) is 3.77. The molecule has 0 fully saturated rings. The van der Waals surface area contributed by atoms with Crippen LogP contribution in [0.4, 0.5) is 0 Å². The molecule has 0 aliphatic heterocycles. The quantitative estimate of drug-likeness (QED) is 0.509. The van der Waals surface area contributed by atoms with Gasteiger partial charge in [0, 0.05) is 11.5 Å². The summed E-state index contributed by atoms with van der Waals surface area (Å²) in [7, 11) is 0. The molecule has 3 rings (SSSR count). The van der Waals surface area contributed by atoms with Crippen LogP contribution >= 0.6 is 0 Å². The first-order valence-electron chi connectivity index (χ1n) is 8.48. The van der Waals surface area contributed by atoms with E-state index in [0.717, 1.165) is 33.4 Å². The first kappa shape index (κ1) is 16.9. The molecule has 2 aromatic carbocycles. The molecule has 1 aliphatic rings. The number of hydrogen-bond acceptors (Lipinski definition) is 1. The van der Waals surface area contributed by atoms with Gasteiger partial charge >= 0.3 is 0 Å². The Labute approximate surface area is 149 Å². The standard InChI is InChI=1S/C24H22O/c1-17(2)23-21(15-19-10-6-4-7-11-19)14-18(3)24(25)22(23)16-20-12-8-5-9-13-20/h4-16,23H,1H2,2-3H3/b21-15+,22-16-. The lowest BCUT2D eigenvalue weighted by molar-refractivity contribution is -0.112. The molecular formula is C24H22O. The number of allylic oxidation sites excluding steroid dienone is 5. The van der Waals surface area contributed by atoms with Crippen LogP contribution in [0.25, 0.3) is 12.2 Å². The molecule has 1 atom stereocenters. The predicted octanol–water partition coefficient (Wildman–Crippen LogP) is 5.87. The average molecular weight is 326 g/mol. The number of carbonyl (C=O) groups excluding carboxylic acids is 1. The Bertz CT molecular complexity index is 880. The van der Waals surface area contributed by atoms with E-state index in [1.54, 1.807) is 0 Å². The largest absolute Gasteiger partial charge is 0.289 e. The van der Waals surface area contributed by atoms with Crippen LogP contribution in [0.2, 0.25) is 0 Å². The zero-order chi connectivity index (χ0) is 17.8. The van der Waals surface area contributed by atoms with E-state index in [4.69, 9.17) is 0 Å². The fourth-order valence-electron chi connectivity index (χ4n) is 3.23. The highest BCUT2D eigenvalue weighted by molar-refractivity contribution is 6.13. The van der Waals surface area contributed by atoms with E-state index in [2.05, 4.69) is 24.8 Å². The van der Waals surface area contributed by atoms with Gasteiger partial charge in [-0.25, -0.2) is 0 Å². The highest BCUT2D eigenvalue weighted by atomic mass is 16.1. The third-order valence-electron chi connectivity index (χ3n) is 4.40.